The van der Waals surface area contributed by atoms with Gasteiger partial charge in [0.15, 0.2) is 0 Å². The molecule has 4 rings (SSSR count). The van der Waals surface area contributed by atoms with Crippen molar-refractivity contribution in [3.05, 3.63) is 71.0 Å². The van der Waals surface area contributed by atoms with Gasteiger partial charge in [0.1, 0.15) is 5.82 Å². The quantitative estimate of drug-likeness (QED) is 0.654. The van der Waals surface area contributed by atoms with Crippen molar-refractivity contribution in [3.63, 3.8) is 0 Å². The predicted molar refractivity (Wildman–Crippen MR) is 120 cm³/mol. The first-order chi connectivity index (χ1) is 14.6. The van der Waals surface area contributed by atoms with Gasteiger partial charge in [-0.15, -0.1) is 11.3 Å². The van der Waals surface area contributed by atoms with Gasteiger partial charge in [0, 0.05) is 45.0 Å². The highest BCUT2D eigenvalue weighted by Crippen LogP contribution is 2.23. The van der Waals surface area contributed by atoms with Gasteiger partial charge >= 0.3 is 0 Å². The van der Waals surface area contributed by atoms with E-state index < -0.39 is 0 Å². The minimum Gasteiger partial charge on any atom is -0.369 e. The summed E-state index contributed by atoms with van der Waals surface area (Å²) in [6.07, 6.45) is 0. The number of aromatic nitrogens is 1. The summed E-state index contributed by atoms with van der Waals surface area (Å²) >= 11 is 1.64. The molecule has 1 N–H and O–H groups in total. The second-order valence-corrected chi connectivity index (χ2v) is 8.32. The van der Waals surface area contributed by atoms with Gasteiger partial charge in [-0.3, -0.25) is 14.7 Å². The number of aryl methyl sites for hydroxylation is 1. The van der Waals surface area contributed by atoms with E-state index >= 15 is 0 Å². The number of nitrogens with one attached hydrogen (secondary N) is 1. The molecule has 0 saturated carbocycles. The van der Waals surface area contributed by atoms with Crippen molar-refractivity contribution in [2.75, 3.05) is 44.2 Å². The van der Waals surface area contributed by atoms with E-state index in [2.05, 4.69) is 20.1 Å². The van der Waals surface area contributed by atoms with Gasteiger partial charge in [0.25, 0.3) is 5.91 Å². The van der Waals surface area contributed by atoms with Crippen molar-refractivity contribution < 1.29 is 9.18 Å². The van der Waals surface area contributed by atoms with Gasteiger partial charge in [0.05, 0.1) is 21.8 Å². The second-order valence-electron chi connectivity index (χ2n) is 7.37. The Hall–Kier alpha value is -2.77. The summed E-state index contributed by atoms with van der Waals surface area (Å²) in [7, 11) is 0. The Kier molecular flexibility index (Phi) is 6.40. The molecule has 3 aromatic rings. The lowest BCUT2D eigenvalue weighted by Crippen LogP contribution is -2.48. The van der Waals surface area contributed by atoms with Gasteiger partial charge in [0.2, 0.25) is 0 Å². The van der Waals surface area contributed by atoms with Crippen LogP contribution in [0, 0.1) is 12.7 Å². The highest BCUT2D eigenvalue weighted by molar-refractivity contribution is 7.13. The van der Waals surface area contributed by atoms with E-state index in [-0.39, 0.29) is 11.7 Å². The largest absolute Gasteiger partial charge is 0.369 e. The maximum atomic E-state index is 13.1. The molecule has 0 aliphatic carbocycles. The number of halogens is 1. The molecule has 3 heterocycles. The number of carbonyl (C=O) groups excluding carboxylic acids is 1. The number of nitrogens with zero attached hydrogens (tertiary/aromatic N) is 3. The summed E-state index contributed by atoms with van der Waals surface area (Å²) in [5, 5.41) is 5.04. The summed E-state index contributed by atoms with van der Waals surface area (Å²) in [4.78, 5) is 22.9. The number of benzene rings is 1. The van der Waals surface area contributed by atoms with Crippen molar-refractivity contribution in [2.45, 2.75) is 6.92 Å². The van der Waals surface area contributed by atoms with E-state index in [1.54, 1.807) is 11.3 Å². The fourth-order valence-corrected chi connectivity index (χ4v) is 4.36. The van der Waals surface area contributed by atoms with Crippen LogP contribution in [0.25, 0.3) is 10.6 Å². The summed E-state index contributed by atoms with van der Waals surface area (Å²) < 4.78 is 13.1. The number of anilines is 1. The van der Waals surface area contributed by atoms with E-state index in [4.69, 9.17) is 0 Å². The van der Waals surface area contributed by atoms with Crippen LogP contribution in [0.5, 0.6) is 0 Å². The molecular formula is C23H25FN4OS. The van der Waals surface area contributed by atoms with Crippen molar-refractivity contribution >= 4 is 22.9 Å². The lowest BCUT2D eigenvalue weighted by molar-refractivity contribution is 0.0947. The van der Waals surface area contributed by atoms with E-state index in [9.17, 15) is 9.18 Å². The van der Waals surface area contributed by atoms with Gasteiger partial charge in [-0.25, -0.2) is 4.39 Å². The molecule has 0 unspecified atom stereocenters. The zero-order valence-electron chi connectivity index (χ0n) is 17.0. The number of rotatable bonds is 6. The summed E-state index contributed by atoms with van der Waals surface area (Å²) in [6, 6.07) is 14.4. The molecule has 5 nitrogen and oxygen atoms in total. The molecule has 1 aliphatic heterocycles. The highest BCUT2D eigenvalue weighted by atomic mass is 32.1. The number of amides is 1. The zero-order valence-corrected chi connectivity index (χ0v) is 17.8. The molecule has 0 bridgehead atoms. The minimum atomic E-state index is -0.209. The first kappa shape index (κ1) is 20.5. The van der Waals surface area contributed by atoms with Crippen LogP contribution >= 0.6 is 11.3 Å². The maximum Gasteiger partial charge on any atom is 0.253 e. The molecule has 1 saturated heterocycles. The smallest absolute Gasteiger partial charge is 0.253 e. The molecule has 1 aliphatic rings. The van der Waals surface area contributed by atoms with Crippen LogP contribution in [-0.2, 0) is 0 Å². The summed E-state index contributed by atoms with van der Waals surface area (Å²) in [5.74, 6) is -0.289. The molecular weight excluding hydrogens is 399 g/mol. The molecule has 1 fully saturated rings. The molecule has 1 amide bonds. The Labute approximate surface area is 180 Å². The third-order valence-corrected chi connectivity index (χ3v) is 6.27. The van der Waals surface area contributed by atoms with E-state index in [1.165, 1.54) is 12.1 Å². The van der Waals surface area contributed by atoms with Crippen LogP contribution in [0.3, 0.4) is 0 Å². The normalized spacial score (nSPS) is 14.7. The minimum absolute atomic E-state index is 0.0809. The molecule has 1 aromatic carbocycles. The van der Waals surface area contributed by atoms with Gasteiger partial charge in [-0.2, -0.15) is 0 Å². The molecule has 156 valence electrons. The average Bonchev–Trinajstić information content (AvgIpc) is 3.30. The Bertz CT molecular complexity index is 983. The van der Waals surface area contributed by atoms with Crippen LogP contribution in [0.15, 0.2) is 53.9 Å². The standard InChI is InChI=1S/C23H25FN4OS/c1-17-20(8-9-21(26-17)22-3-2-16-30-22)23(29)25-10-11-27-12-14-28(15-13-27)19-6-4-18(24)5-7-19/h2-9,16H,10-15H2,1H3,(H,25,29). The Morgan fingerprint density at radius 1 is 1.10 bits per heavy atom. The van der Waals surface area contributed by atoms with Crippen molar-refractivity contribution in [3.8, 4) is 10.6 Å². The Morgan fingerprint density at radius 2 is 1.87 bits per heavy atom. The molecule has 0 atom stereocenters. The van der Waals surface area contributed by atoms with Crippen molar-refractivity contribution in [1.29, 1.82) is 0 Å². The monoisotopic (exact) mass is 424 g/mol. The molecule has 0 radical (unpaired) electrons. The number of hydrogen-bond donors (Lipinski definition) is 1. The van der Waals surface area contributed by atoms with Crippen LogP contribution in [0.4, 0.5) is 10.1 Å². The van der Waals surface area contributed by atoms with Crippen LogP contribution in [0.2, 0.25) is 0 Å². The van der Waals surface area contributed by atoms with Gasteiger partial charge in [-0.05, 0) is 54.8 Å². The number of hydrogen-bond acceptors (Lipinski definition) is 5. The van der Waals surface area contributed by atoms with Gasteiger partial charge in [-0.1, -0.05) is 6.07 Å². The third kappa shape index (κ3) is 4.86. The summed E-state index contributed by atoms with van der Waals surface area (Å²) in [5.41, 5.74) is 3.32. The number of piperazine rings is 1. The zero-order chi connectivity index (χ0) is 20.9. The maximum absolute atomic E-state index is 13.1. The first-order valence-electron chi connectivity index (χ1n) is 10.1. The molecule has 2 aromatic heterocycles. The Balaban J connectivity index is 1.24. The molecule has 0 spiro atoms. The average molecular weight is 425 g/mol. The van der Waals surface area contributed by atoms with E-state index in [0.717, 1.165) is 54.7 Å². The number of pyridine rings is 1. The third-order valence-electron chi connectivity index (χ3n) is 5.38. The van der Waals surface area contributed by atoms with E-state index in [1.807, 2.05) is 48.7 Å². The first-order valence-corrected chi connectivity index (χ1v) is 11.0. The SMILES string of the molecule is Cc1nc(-c2cccs2)ccc1C(=O)NCCN1CCN(c2ccc(F)cc2)CC1. The molecule has 7 heteroatoms. The van der Waals surface area contributed by atoms with Crippen molar-refractivity contribution in [2.24, 2.45) is 0 Å². The topological polar surface area (TPSA) is 48.5 Å². The number of carbonyl (C=O) groups is 1. The van der Waals surface area contributed by atoms with Crippen LogP contribution < -0.4 is 10.2 Å². The lowest BCUT2D eigenvalue weighted by atomic mass is 10.1. The fourth-order valence-electron chi connectivity index (χ4n) is 3.67. The Morgan fingerprint density at radius 3 is 2.53 bits per heavy atom. The van der Waals surface area contributed by atoms with Gasteiger partial charge < -0.3 is 10.2 Å². The number of thiophene rings is 1. The summed E-state index contributed by atoms with van der Waals surface area (Å²) in [6.45, 7) is 6.91. The van der Waals surface area contributed by atoms with E-state index in [0.29, 0.717) is 12.1 Å². The van der Waals surface area contributed by atoms with Crippen molar-refractivity contribution in [1.82, 2.24) is 15.2 Å². The predicted octanol–water partition coefficient (Wildman–Crippen LogP) is 3.81. The van der Waals surface area contributed by atoms with Crippen LogP contribution in [-0.4, -0.2) is 55.1 Å². The highest BCUT2D eigenvalue weighted by Gasteiger charge is 2.18. The van der Waals surface area contributed by atoms with Crippen LogP contribution in [0.1, 0.15) is 16.1 Å². The molecule has 30 heavy (non-hydrogen) atoms. The fraction of sp³-hybridized carbons (Fsp3) is 0.304. The second kappa shape index (κ2) is 9.36. The lowest BCUT2D eigenvalue weighted by Gasteiger charge is -2.36.